The van der Waals surface area contributed by atoms with Crippen LogP contribution in [-0.4, -0.2) is 26.0 Å². The van der Waals surface area contributed by atoms with Crippen molar-refractivity contribution >= 4 is 44.6 Å². The lowest BCUT2D eigenvalue weighted by Crippen LogP contribution is -2.34. The fourth-order valence-corrected chi connectivity index (χ4v) is 5.19. The number of thiocarbonyl (C=S) groups is 1. The number of unbranched alkanes of at least 4 members (excludes halogenated alkanes) is 3. The van der Waals surface area contributed by atoms with E-state index in [1.807, 2.05) is 24.3 Å². The number of rotatable bonds is 8. The average molecular weight is 446 g/mol. The van der Waals surface area contributed by atoms with Gasteiger partial charge in [-0.15, -0.1) is 0 Å². The van der Waals surface area contributed by atoms with Gasteiger partial charge in [0.2, 0.25) is 5.91 Å². The van der Waals surface area contributed by atoms with Crippen molar-refractivity contribution in [3.05, 3.63) is 54.1 Å². The highest BCUT2D eigenvalue weighted by Gasteiger charge is 2.30. The van der Waals surface area contributed by atoms with Gasteiger partial charge in [-0.05, 0) is 61.0 Å². The minimum Gasteiger partial charge on any atom is -0.332 e. The van der Waals surface area contributed by atoms with Gasteiger partial charge in [0.05, 0.1) is 10.6 Å². The van der Waals surface area contributed by atoms with E-state index in [9.17, 15) is 13.2 Å². The number of amides is 1. The van der Waals surface area contributed by atoms with E-state index in [1.165, 1.54) is 4.31 Å². The quantitative estimate of drug-likeness (QED) is 0.470. The number of hydrogen-bond donors (Lipinski definition) is 2. The Morgan fingerprint density at radius 2 is 1.80 bits per heavy atom. The molecule has 0 atom stereocenters. The first-order chi connectivity index (χ1) is 14.4. The van der Waals surface area contributed by atoms with E-state index in [2.05, 4.69) is 17.6 Å². The first kappa shape index (κ1) is 22.2. The second-order valence-corrected chi connectivity index (χ2v) is 9.56. The molecule has 1 aliphatic rings. The van der Waals surface area contributed by atoms with Crippen LogP contribution >= 0.6 is 12.2 Å². The fourth-order valence-electron chi connectivity index (χ4n) is 3.46. The molecule has 1 aliphatic heterocycles. The van der Waals surface area contributed by atoms with Gasteiger partial charge in [-0.25, -0.2) is 8.42 Å². The zero-order valence-electron chi connectivity index (χ0n) is 17.1. The SMILES string of the molecule is CCCCCCC(=O)NC(=S)Nc1ccc(S(=O)(=O)N2CCc3ccccc32)cc1. The predicted octanol–water partition coefficient (Wildman–Crippen LogP) is 4.22. The minimum atomic E-state index is -3.63. The molecule has 0 saturated heterocycles. The highest BCUT2D eigenvalue weighted by molar-refractivity contribution is 7.92. The maximum Gasteiger partial charge on any atom is 0.264 e. The number of sulfonamides is 1. The molecular weight excluding hydrogens is 418 g/mol. The highest BCUT2D eigenvalue weighted by atomic mass is 32.2. The number of fused-ring (bicyclic) bond motifs is 1. The van der Waals surface area contributed by atoms with Crippen molar-refractivity contribution in [2.24, 2.45) is 0 Å². The van der Waals surface area contributed by atoms with Crippen LogP contribution in [0, 0.1) is 0 Å². The summed E-state index contributed by atoms with van der Waals surface area (Å²) in [7, 11) is -3.63. The summed E-state index contributed by atoms with van der Waals surface area (Å²) < 4.78 is 27.5. The Balaban J connectivity index is 1.58. The van der Waals surface area contributed by atoms with Crippen LogP contribution in [0.5, 0.6) is 0 Å². The molecule has 3 rings (SSSR count). The van der Waals surface area contributed by atoms with Gasteiger partial charge >= 0.3 is 0 Å². The molecule has 1 amide bonds. The summed E-state index contributed by atoms with van der Waals surface area (Å²) in [5, 5.41) is 5.80. The monoisotopic (exact) mass is 445 g/mol. The Bertz CT molecular complexity index is 1000. The lowest BCUT2D eigenvalue weighted by molar-refractivity contribution is -0.119. The summed E-state index contributed by atoms with van der Waals surface area (Å²) in [5.74, 6) is -0.115. The minimum absolute atomic E-state index is 0.115. The van der Waals surface area contributed by atoms with Crippen LogP contribution in [-0.2, 0) is 21.2 Å². The van der Waals surface area contributed by atoms with E-state index in [1.54, 1.807) is 24.3 Å². The highest BCUT2D eigenvalue weighted by Crippen LogP contribution is 2.32. The van der Waals surface area contributed by atoms with Crippen LogP contribution < -0.4 is 14.9 Å². The molecule has 2 N–H and O–H groups in total. The van der Waals surface area contributed by atoms with Crippen LogP contribution in [0.1, 0.15) is 44.6 Å². The van der Waals surface area contributed by atoms with Gasteiger partial charge in [-0.1, -0.05) is 44.4 Å². The molecule has 0 spiro atoms. The molecule has 2 aromatic rings. The summed E-state index contributed by atoms with van der Waals surface area (Å²) in [6, 6.07) is 13.9. The maximum atomic E-state index is 13.0. The largest absolute Gasteiger partial charge is 0.332 e. The molecular formula is C22H27N3O3S2. The van der Waals surface area contributed by atoms with Gasteiger partial charge in [0.1, 0.15) is 0 Å². The van der Waals surface area contributed by atoms with E-state index in [0.717, 1.165) is 36.9 Å². The summed E-state index contributed by atoms with van der Waals surface area (Å²) in [5.41, 5.74) is 2.39. The summed E-state index contributed by atoms with van der Waals surface area (Å²) in [6.45, 7) is 2.57. The topological polar surface area (TPSA) is 78.5 Å². The third-order valence-corrected chi connectivity index (χ3v) is 7.09. The van der Waals surface area contributed by atoms with Crippen LogP contribution in [0.3, 0.4) is 0 Å². The first-order valence-electron chi connectivity index (χ1n) is 10.2. The Morgan fingerprint density at radius 3 is 2.53 bits per heavy atom. The van der Waals surface area contributed by atoms with E-state index in [-0.39, 0.29) is 15.9 Å². The first-order valence-corrected chi connectivity index (χ1v) is 12.1. The molecule has 0 saturated carbocycles. The molecule has 30 heavy (non-hydrogen) atoms. The van der Waals surface area contributed by atoms with E-state index < -0.39 is 10.0 Å². The maximum absolute atomic E-state index is 13.0. The van der Waals surface area contributed by atoms with Crippen LogP contribution in [0.15, 0.2) is 53.4 Å². The number of benzene rings is 2. The number of nitrogens with zero attached hydrogens (tertiary/aromatic N) is 1. The Kier molecular flexibility index (Phi) is 7.44. The second kappa shape index (κ2) is 10.0. The van der Waals surface area contributed by atoms with Crippen molar-refractivity contribution in [2.75, 3.05) is 16.2 Å². The molecule has 6 nitrogen and oxygen atoms in total. The number of anilines is 2. The summed E-state index contributed by atoms with van der Waals surface area (Å²) >= 11 is 5.18. The average Bonchev–Trinajstić information content (AvgIpc) is 3.16. The third-order valence-electron chi connectivity index (χ3n) is 5.06. The van der Waals surface area contributed by atoms with E-state index in [4.69, 9.17) is 12.2 Å². The Labute approximate surface area is 183 Å². The lowest BCUT2D eigenvalue weighted by atomic mass is 10.1. The van der Waals surface area contributed by atoms with Gasteiger partial charge in [0.25, 0.3) is 10.0 Å². The van der Waals surface area contributed by atoms with Crippen molar-refractivity contribution in [1.82, 2.24) is 5.32 Å². The second-order valence-electron chi connectivity index (χ2n) is 7.29. The molecule has 8 heteroatoms. The van der Waals surface area contributed by atoms with Crippen molar-refractivity contribution in [3.63, 3.8) is 0 Å². The molecule has 0 unspecified atom stereocenters. The molecule has 0 aliphatic carbocycles. The number of para-hydroxylation sites is 1. The number of carbonyl (C=O) groups excluding carboxylic acids is 1. The van der Waals surface area contributed by atoms with Gasteiger partial charge in [0, 0.05) is 18.7 Å². The standard InChI is InChI=1S/C22H27N3O3S2/c1-2-3-4-5-10-21(26)24-22(29)23-18-11-13-19(14-12-18)30(27,28)25-16-15-17-8-6-7-9-20(17)25/h6-9,11-14H,2-5,10,15-16H2,1H3,(H2,23,24,26,29). The van der Waals surface area contributed by atoms with Crippen molar-refractivity contribution in [3.8, 4) is 0 Å². The Hall–Kier alpha value is -2.45. The van der Waals surface area contributed by atoms with Gasteiger partial charge in [0.15, 0.2) is 5.11 Å². The smallest absolute Gasteiger partial charge is 0.264 e. The molecule has 0 bridgehead atoms. The number of hydrogen-bond acceptors (Lipinski definition) is 4. The van der Waals surface area contributed by atoms with Gasteiger partial charge in [-0.3, -0.25) is 9.10 Å². The summed E-state index contributed by atoms with van der Waals surface area (Å²) in [6.07, 6.45) is 5.26. The van der Waals surface area contributed by atoms with Crippen LogP contribution in [0.2, 0.25) is 0 Å². The lowest BCUT2D eigenvalue weighted by Gasteiger charge is -2.19. The molecule has 2 aromatic carbocycles. The zero-order chi connectivity index (χ0) is 21.6. The molecule has 0 aromatic heterocycles. The summed E-state index contributed by atoms with van der Waals surface area (Å²) in [4.78, 5) is 12.1. The predicted molar refractivity (Wildman–Crippen MR) is 124 cm³/mol. The van der Waals surface area contributed by atoms with Crippen LogP contribution in [0.4, 0.5) is 11.4 Å². The molecule has 1 heterocycles. The third kappa shape index (κ3) is 5.37. The number of nitrogens with one attached hydrogen (secondary N) is 2. The van der Waals surface area contributed by atoms with Gasteiger partial charge < -0.3 is 10.6 Å². The molecule has 160 valence electrons. The zero-order valence-corrected chi connectivity index (χ0v) is 18.7. The fraction of sp³-hybridized carbons (Fsp3) is 0.364. The van der Waals surface area contributed by atoms with Crippen LogP contribution in [0.25, 0.3) is 0 Å². The van der Waals surface area contributed by atoms with E-state index >= 15 is 0 Å². The molecule has 0 radical (unpaired) electrons. The Morgan fingerprint density at radius 1 is 1.07 bits per heavy atom. The van der Waals surface area contributed by atoms with Crippen molar-refractivity contribution in [2.45, 2.75) is 50.3 Å². The van der Waals surface area contributed by atoms with E-state index in [0.29, 0.717) is 25.1 Å². The molecule has 0 fully saturated rings. The van der Waals surface area contributed by atoms with Gasteiger partial charge in [-0.2, -0.15) is 0 Å². The van der Waals surface area contributed by atoms with Crippen molar-refractivity contribution < 1.29 is 13.2 Å². The number of carbonyl (C=O) groups is 1. The normalized spacial score (nSPS) is 13.0. The van der Waals surface area contributed by atoms with Crippen molar-refractivity contribution in [1.29, 1.82) is 0 Å².